The predicted molar refractivity (Wildman–Crippen MR) is 62.9 cm³/mol. The van der Waals surface area contributed by atoms with Crippen LogP contribution in [0.15, 0.2) is 22.7 Å². The molecule has 0 atom stereocenters. The number of nitrogens with zero attached hydrogens (tertiary/aromatic N) is 1. The van der Waals surface area contributed by atoms with Gasteiger partial charge in [-0.25, -0.2) is 8.78 Å². The van der Waals surface area contributed by atoms with Crippen LogP contribution in [-0.4, -0.2) is 5.16 Å². The van der Waals surface area contributed by atoms with E-state index in [1.54, 1.807) is 0 Å². The third-order valence-corrected chi connectivity index (χ3v) is 3.37. The van der Waals surface area contributed by atoms with Gasteiger partial charge in [0.05, 0.1) is 5.56 Å². The summed E-state index contributed by atoms with van der Waals surface area (Å²) in [5.74, 6) is -0.183. The number of benzene rings is 1. The molecule has 0 unspecified atom stereocenters. The lowest BCUT2D eigenvalue weighted by atomic mass is 9.81. The van der Waals surface area contributed by atoms with Crippen LogP contribution in [0, 0.1) is 11.6 Å². The van der Waals surface area contributed by atoms with Gasteiger partial charge >= 0.3 is 0 Å². The quantitative estimate of drug-likeness (QED) is 0.887. The van der Waals surface area contributed by atoms with Crippen molar-refractivity contribution in [3.8, 4) is 11.1 Å². The van der Waals surface area contributed by atoms with Gasteiger partial charge in [0, 0.05) is 12.0 Å². The molecule has 3 nitrogen and oxygen atoms in total. The van der Waals surface area contributed by atoms with E-state index < -0.39 is 11.6 Å². The van der Waals surface area contributed by atoms with Gasteiger partial charge in [0.1, 0.15) is 17.4 Å². The monoisotopic (exact) mass is 250 g/mol. The fourth-order valence-corrected chi connectivity index (χ4v) is 2.25. The number of nitrogen functional groups attached to an aromatic ring is 1. The van der Waals surface area contributed by atoms with E-state index in [4.69, 9.17) is 10.3 Å². The number of aromatic nitrogens is 1. The Bertz CT molecular complexity index is 570. The second-order valence-electron chi connectivity index (χ2n) is 4.59. The summed E-state index contributed by atoms with van der Waals surface area (Å²) in [6.45, 7) is 0. The average Bonchev–Trinajstić information content (AvgIpc) is 2.56. The van der Waals surface area contributed by atoms with Crippen LogP contribution in [0.4, 0.5) is 14.6 Å². The molecule has 2 N–H and O–H groups in total. The molecule has 0 radical (unpaired) electrons. The minimum absolute atomic E-state index is 0.182. The fourth-order valence-electron chi connectivity index (χ4n) is 2.25. The van der Waals surface area contributed by atoms with Crippen LogP contribution < -0.4 is 5.73 Å². The molecule has 18 heavy (non-hydrogen) atoms. The summed E-state index contributed by atoms with van der Waals surface area (Å²) in [5, 5.41) is 3.71. The highest BCUT2D eigenvalue weighted by Crippen LogP contribution is 2.43. The van der Waals surface area contributed by atoms with Crippen molar-refractivity contribution < 1.29 is 13.3 Å². The molecule has 1 heterocycles. The Morgan fingerprint density at radius 3 is 2.39 bits per heavy atom. The molecule has 5 heteroatoms. The largest absolute Gasteiger partial charge is 0.380 e. The van der Waals surface area contributed by atoms with Gasteiger partial charge in [0.15, 0.2) is 5.82 Å². The normalized spacial score (nSPS) is 15.7. The molecule has 1 saturated carbocycles. The molecule has 0 bridgehead atoms. The first kappa shape index (κ1) is 11.2. The highest BCUT2D eigenvalue weighted by molar-refractivity contribution is 5.76. The van der Waals surface area contributed by atoms with Gasteiger partial charge in [0.25, 0.3) is 0 Å². The van der Waals surface area contributed by atoms with Crippen molar-refractivity contribution in [1.82, 2.24) is 5.16 Å². The molecule has 1 aliphatic carbocycles. The van der Waals surface area contributed by atoms with Crippen molar-refractivity contribution in [3.05, 3.63) is 35.6 Å². The predicted octanol–water partition coefficient (Wildman–Crippen LogP) is 3.47. The fraction of sp³-hybridized carbons (Fsp3) is 0.308. The average molecular weight is 250 g/mol. The van der Waals surface area contributed by atoms with Crippen LogP contribution in [0.5, 0.6) is 0 Å². The van der Waals surface area contributed by atoms with E-state index in [0.29, 0.717) is 16.9 Å². The smallest absolute Gasteiger partial charge is 0.175 e. The third-order valence-electron chi connectivity index (χ3n) is 3.37. The molecule has 1 aromatic carbocycles. The van der Waals surface area contributed by atoms with Crippen LogP contribution in [0.1, 0.15) is 30.9 Å². The molecular formula is C13H12F2N2O. The maximum Gasteiger partial charge on any atom is 0.175 e. The van der Waals surface area contributed by atoms with Crippen molar-refractivity contribution >= 4 is 5.82 Å². The number of rotatable bonds is 2. The number of hydrogen-bond acceptors (Lipinski definition) is 3. The number of halogens is 2. The van der Waals surface area contributed by atoms with Gasteiger partial charge in [-0.2, -0.15) is 0 Å². The van der Waals surface area contributed by atoms with Gasteiger partial charge in [-0.3, -0.25) is 0 Å². The zero-order valence-electron chi connectivity index (χ0n) is 9.62. The minimum atomic E-state index is -0.634. The molecule has 0 spiro atoms. The third kappa shape index (κ3) is 1.75. The molecule has 1 aromatic heterocycles. The highest BCUT2D eigenvalue weighted by atomic mass is 19.1. The topological polar surface area (TPSA) is 52.0 Å². The molecular weight excluding hydrogens is 238 g/mol. The molecule has 0 amide bonds. The first-order valence-corrected chi connectivity index (χ1v) is 5.86. The summed E-state index contributed by atoms with van der Waals surface area (Å²) in [7, 11) is 0. The summed E-state index contributed by atoms with van der Waals surface area (Å²) in [6.07, 6.45) is 3.13. The lowest BCUT2D eigenvalue weighted by Crippen LogP contribution is -2.09. The Labute approximate surface area is 103 Å². The second-order valence-corrected chi connectivity index (χ2v) is 4.59. The van der Waals surface area contributed by atoms with E-state index in [0.717, 1.165) is 25.3 Å². The molecule has 2 aromatic rings. The van der Waals surface area contributed by atoms with Crippen molar-refractivity contribution in [2.45, 2.75) is 25.2 Å². The molecule has 3 rings (SSSR count). The van der Waals surface area contributed by atoms with Crippen molar-refractivity contribution in [2.75, 3.05) is 5.73 Å². The molecule has 0 aliphatic heterocycles. The first-order chi connectivity index (χ1) is 8.65. The Hall–Kier alpha value is -1.91. The highest BCUT2D eigenvalue weighted by Gasteiger charge is 2.29. The SMILES string of the molecule is Nc1noc(C2CCC2)c1-c1cc(F)cc(F)c1. The Morgan fingerprint density at radius 2 is 1.83 bits per heavy atom. The number of nitrogens with two attached hydrogens (primary N) is 1. The lowest BCUT2D eigenvalue weighted by molar-refractivity contribution is 0.302. The minimum Gasteiger partial charge on any atom is -0.380 e. The van der Waals surface area contributed by atoms with Crippen molar-refractivity contribution in [2.24, 2.45) is 0 Å². The van der Waals surface area contributed by atoms with Gasteiger partial charge in [0.2, 0.25) is 0 Å². The van der Waals surface area contributed by atoms with Gasteiger partial charge < -0.3 is 10.3 Å². The summed E-state index contributed by atoms with van der Waals surface area (Å²) >= 11 is 0. The van der Waals surface area contributed by atoms with E-state index in [1.807, 2.05) is 0 Å². The summed E-state index contributed by atoms with van der Waals surface area (Å²) < 4.78 is 31.7. The summed E-state index contributed by atoms with van der Waals surface area (Å²) in [5.41, 5.74) is 6.65. The first-order valence-electron chi connectivity index (χ1n) is 5.86. The maximum atomic E-state index is 13.2. The van der Waals surface area contributed by atoms with Crippen molar-refractivity contribution in [1.29, 1.82) is 0 Å². The van der Waals surface area contributed by atoms with E-state index in [1.165, 1.54) is 12.1 Å². The van der Waals surface area contributed by atoms with Gasteiger partial charge in [-0.05, 0) is 30.5 Å². The van der Waals surface area contributed by atoms with Crippen LogP contribution in [-0.2, 0) is 0 Å². The van der Waals surface area contributed by atoms with Crippen LogP contribution in [0.3, 0.4) is 0 Å². The number of hydrogen-bond donors (Lipinski definition) is 1. The standard InChI is InChI=1S/C13H12F2N2O/c14-9-4-8(5-10(15)6-9)11-12(7-2-1-3-7)18-17-13(11)16/h4-7H,1-3H2,(H2,16,17). The molecule has 0 saturated heterocycles. The lowest BCUT2D eigenvalue weighted by Gasteiger charge is -2.23. The summed E-state index contributed by atoms with van der Waals surface area (Å²) in [4.78, 5) is 0. The maximum absolute atomic E-state index is 13.2. The second kappa shape index (κ2) is 4.08. The number of anilines is 1. The Kier molecular flexibility index (Phi) is 2.54. The van der Waals surface area contributed by atoms with E-state index in [2.05, 4.69) is 5.16 Å². The van der Waals surface area contributed by atoms with E-state index in [-0.39, 0.29) is 11.7 Å². The van der Waals surface area contributed by atoms with Crippen molar-refractivity contribution in [3.63, 3.8) is 0 Å². The Balaban J connectivity index is 2.12. The molecule has 1 aliphatic rings. The zero-order valence-corrected chi connectivity index (χ0v) is 9.62. The Morgan fingerprint density at radius 1 is 1.17 bits per heavy atom. The van der Waals surface area contributed by atoms with Crippen LogP contribution in [0.2, 0.25) is 0 Å². The van der Waals surface area contributed by atoms with E-state index in [9.17, 15) is 8.78 Å². The van der Waals surface area contributed by atoms with Crippen LogP contribution >= 0.6 is 0 Å². The summed E-state index contributed by atoms with van der Waals surface area (Å²) in [6, 6.07) is 3.32. The molecule has 94 valence electrons. The molecule has 1 fully saturated rings. The van der Waals surface area contributed by atoms with Crippen LogP contribution in [0.25, 0.3) is 11.1 Å². The zero-order chi connectivity index (χ0) is 12.7. The van der Waals surface area contributed by atoms with Gasteiger partial charge in [-0.15, -0.1) is 0 Å². The van der Waals surface area contributed by atoms with Gasteiger partial charge in [-0.1, -0.05) is 11.6 Å². The van der Waals surface area contributed by atoms with E-state index >= 15 is 0 Å².